The van der Waals surface area contributed by atoms with Crippen LogP contribution in [0.5, 0.6) is 0 Å². The molecule has 7 nitrogen and oxygen atoms in total. The highest BCUT2D eigenvalue weighted by molar-refractivity contribution is 5.95. The van der Waals surface area contributed by atoms with Gasteiger partial charge < -0.3 is 10.7 Å². The lowest BCUT2D eigenvalue weighted by atomic mass is 9.83. The van der Waals surface area contributed by atoms with E-state index in [1.54, 1.807) is 6.20 Å². The van der Waals surface area contributed by atoms with Crippen molar-refractivity contribution < 1.29 is 14.4 Å². The molecule has 2 rings (SSSR count). The monoisotopic (exact) mass is 384 g/mol. The van der Waals surface area contributed by atoms with Crippen molar-refractivity contribution in [2.75, 3.05) is 5.32 Å². The van der Waals surface area contributed by atoms with E-state index in [0.717, 1.165) is 5.56 Å². The lowest BCUT2D eigenvalue weighted by Gasteiger charge is -2.21. The molecule has 2 aromatic rings. The molecule has 1 heterocycles. The highest BCUT2D eigenvalue weighted by Gasteiger charge is 2.29. The molecule has 0 bridgehead atoms. The second-order valence-corrected chi connectivity index (χ2v) is 7.96. The normalized spacial score (nSPS) is 12.4. The second kappa shape index (κ2) is 9.30. The van der Waals surface area contributed by atoms with Crippen LogP contribution in [0.4, 0.5) is 5.95 Å². The van der Waals surface area contributed by atoms with E-state index in [-0.39, 0.29) is 24.5 Å². The number of hydrogen-bond donors (Lipinski definition) is 3. The number of ketones is 1. The van der Waals surface area contributed by atoms with E-state index >= 15 is 0 Å². The van der Waals surface area contributed by atoms with Gasteiger partial charge in [0.15, 0.2) is 0 Å². The van der Waals surface area contributed by atoms with Gasteiger partial charge in [-0.1, -0.05) is 51.1 Å². The standard InChI is InChI=1S/C21H28N4O3/c1-21(2,3)17(26)12-15(11-14-7-5-4-6-8-14)19(28)25-20-23-13-16(24-20)9-10-18(22)27/h4-8,13,15H,9-12H2,1-3H3,(H2,22,27)(H2,23,24,25,28)/t15-/m1/s1. The molecule has 150 valence electrons. The Morgan fingerprint density at radius 2 is 1.86 bits per heavy atom. The summed E-state index contributed by atoms with van der Waals surface area (Å²) in [5.41, 5.74) is 6.26. The van der Waals surface area contributed by atoms with Gasteiger partial charge >= 0.3 is 0 Å². The fraction of sp³-hybridized carbons (Fsp3) is 0.429. The number of carbonyl (C=O) groups is 3. The lowest BCUT2D eigenvalue weighted by molar-refractivity contribution is -0.130. The maximum absolute atomic E-state index is 12.9. The summed E-state index contributed by atoms with van der Waals surface area (Å²) in [5, 5.41) is 2.75. The summed E-state index contributed by atoms with van der Waals surface area (Å²) < 4.78 is 0. The molecule has 0 spiro atoms. The maximum Gasteiger partial charge on any atom is 0.230 e. The van der Waals surface area contributed by atoms with Crippen LogP contribution in [-0.2, 0) is 27.2 Å². The number of carbonyl (C=O) groups excluding carboxylic acids is 3. The van der Waals surface area contributed by atoms with Gasteiger partial charge in [0.05, 0.1) is 5.69 Å². The molecule has 1 atom stereocenters. The first-order valence-electron chi connectivity index (χ1n) is 9.36. The number of amides is 2. The van der Waals surface area contributed by atoms with Gasteiger partial charge in [0.2, 0.25) is 17.8 Å². The van der Waals surface area contributed by atoms with Gasteiger partial charge in [0.1, 0.15) is 5.78 Å². The number of anilines is 1. The molecule has 0 saturated carbocycles. The third-order valence-electron chi connectivity index (χ3n) is 4.46. The third kappa shape index (κ3) is 6.64. The Bertz CT molecular complexity index is 822. The molecule has 0 saturated heterocycles. The lowest BCUT2D eigenvalue weighted by Crippen LogP contribution is -2.31. The van der Waals surface area contributed by atoms with E-state index in [9.17, 15) is 14.4 Å². The zero-order valence-corrected chi connectivity index (χ0v) is 16.6. The molecule has 7 heteroatoms. The number of aromatic nitrogens is 2. The molecule has 1 aromatic heterocycles. The number of Topliss-reactive ketones (excluding diaryl/α,β-unsaturated/α-hetero) is 1. The van der Waals surface area contributed by atoms with E-state index in [1.165, 1.54) is 0 Å². The Hall–Kier alpha value is -2.96. The van der Waals surface area contributed by atoms with E-state index < -0.39 is 17.2 Å². The fourth-order valence-electron chi connectivity index (χ4n) is 2.71. The summed E-state index contributed by atoms with van der Waals surface area (Å²) in [6, 6.07) is 9.61. The molecular weight excluding hydrogens is 356 g/mol. The maximum atomic E-state index is 12.9. The van der Waals surface area contributed by atoms with Gasteiger partial charge in [-0.15, -0.1) is 0 Å². The summed E-state index contributed by atoms with van der Waals surface area (Å²) in [4.78, 5) is 43.4. The summed E-state index contributed by atoms with van der Waals surface area (Å²) in [7, 11) is 0. The van der Waals surface area contributed by atoms with Crippen molar-refractivity contribution in [1.82, 2.24) is 9.97 Å². The Morgan fingerprint density at radius 1 is 1.18 bits per heavy atom. The predicted molar refractivity (Wildman–Crippen MR) is 107 cm³/mol. The Morgan fingerprint density at radius 3 is 2.46 bits per heavy atom. The van der Waals surface area contributed by atoms with Gasteiger partial charge in [-0.05, 0) is 18.4 Å². The Labute approximate surface area is 165 Å². The van der Waals surface area contributed by atoms with Crippen LogP contribution < -0.4 is 11.1 Å². The summed E-state index contributed by atoms with van der Waals surface area (Å²) in [5.74, 6) is -0.848. The number of imidazole rings is 1. The van der Waals surface area contributed by atoms with Crippen LogP contribution in [0, 0.1) is 11.3 Å². The molecule has 4 N–H and O–H groups in total. The average molecular weight is 384 g/mol. The second-order valence-electron chi connectivity index (χ2n) is 7.96. The minimum atomic E-state index is -0.512. The number of primary amides is 1. The molecule has 0 radical (unpaired) electrons. The van der Waals surface area contributed by atoms with Crippen LogP contribution in [0.2, 0.25) is 0 Å². The van der Waals surface area contributed by atoms with Gasteiger partial charge in [-0.2, -0.15) is 0 Å². The van der Waals surface area contributed by atoms with Crippen molar-refractivity contribution >= 4 is 23.5 Å². The zero-order chi connectivity index (χ0) is 20.7. The molecule has 28 heavy (non-hydrogen) atoms. The van der Waals surface area contributed by atoms with Crippen molar-refractivity contribution in [3.8, 4) is 0 Å². The smallest absolute Gasteiger partial charge is 0.230 e. The number of nitrogens with zero attached hydrogens (tertiary/aromatic N) is 1. The highest BCUT2D eigenvalue weighted by Crippen LogP contribution is 2.23. The van der Waals surface area contributed by atoms with Crippen molar-refractivity contribution in [2.45, 2.75) is 46.5 Å². The fourth-order valence-corrected chi connectivity index (χ4v) is 2.71. The van der Waals surface area contributed by atoms with Crippen molar-refractivity contribution in [1.29, 1.82) is 0 Å². The number of aryl methyl sites for hydroxylation is 1. The molecular formula is C21H28N4O3. The van der Waals surface area contributed by atoms with Gasteiger partial charge in [-0.25, -0.2) is 4.98 Å². The number of rotatable bonds is 9. The molecule has 0 aliphatic rings. The van der Waals surface area contributed by atoms with Crippen LogP contribution in [0.3, 0.4) is 0 Å². The van der Waals surface area contributed by atoms with Crippen LogP contribution in [0.25, 0.3) is 0 Å². The van der Waals surface area contributed by atoms with Crippen LogP contribution in [0.1, 0.15) is 44.9 Å². The summed E-state index contributed by atoms with van der Waals surface area (Å²) in [6.07, 6.45) is 2.83. The summed E-state index contributed by atoms with van der Waals surface area (Å²) in [6.45, 7) is 5.55. The van der Waals surface area contributed by atoms with E-state index in [2.05, 4.69) is 15.3 Å². The van der Waals surface area contributed by atoms with Crippen molar-refractivity contribution in [3.05, 3.63) is 47.8 Å². The number of aromatic amines is 1. The van der Waals surface area contributed by atoms with Gasteiger partial charge in [0, 0.05) is 30.4 Å². The number of benzene rings is 1. The third-order valence-corrected chi connectivity index (χ3v) is 4.46. The van der Waals surface area contributed by atoms with Crippen molar-refractivity contribution in [3.63, 3.8) is 0 Å². The first-order chi connectivity index (χ1) is 13.1. The van der Waals surface area contributed by atoms with Crippen molar-refractivity contribution in [2.24, 2.45) is 17.1 Å². The van der Waals surface area contributed by atoms with E-state index in [1.807, 2.05) is 51.1 Å². The largest absolute Gasteiger partial charge is 0.370 e. The molecule has 1 aromatic carbocycles. The molecule has 0 fully saturated rings. The van der Waals surface area contributed by atoms with Gasteiger partial charge in [0.25, 0.3) is 0 Å². The predicted octanol–water partition coefficient (Wildman–Crippen LogP) is 2.63. The molecule has 0 aliphatic carbocycles. The van der Waals surface area contributed by atoms with Crippen LogP contribution >= 0.6 is 0 Å². The Kier molecular flexibility index (Phi) is 7.09. The van der Waals surface area contributed by atoms with Crippen LogP contribution in [-0.4, -0.2) is 27.6 Å². The number of H-pyrrole nitrogens is 1. The minimum absolute atomic E-state index is 0.0326. The van der Waals surface area contributed by atoms with E-state index in [4.69, 9.17) is 5.73 Å². The highest BCUT2D eigenvalue weighted by atomic mass is 16.2. The number of nitrogens with one attached hydrogen (secondary N) is 2. The molecule has 0 unspecified atom stereocenters. The topological polar surface area (TPSA) is 118 Å². The minimum Gasteiger partial charge on any atom is -0.370 e. The quantitative estimate of drug-likeness (QED) is 0.616. The van der Waals surface area contributed by atoms with E-state index in [0.29, 0.717) is 24.5 Å². The average Bonchev–Trinajstić information content (AvgIpc) is 3.06. The summed E-state index contributed by atoms with van der Waals surface area (Å²) >= 11 is 0. The van der Waals surface area contributed by atoms with Crippen LogP contribution in [0.15, 0.2) is 36.5 Å². The zero-order valence-electron chi connectivity index (χ0n) is 16.6. The number of nitrogens with two attached hydrogens (primary N) is 1. The number of hydrogen-bond acceptors (Lipinski definition) is 4. The first-order valence-corrected chi connectivity index (χ1v) is 9.36. The molecule has 2 amide bonds. The molecule has 0 aliphatic heterocycles. The Balaban J connectivity index is 2.09. The first kappa shape index (κ1) is 21.3. The van der Waals surface area contributed by atoms with Gasteiger partial charge in [-0.3, -0.25) is 19.7 Å². The SMILES string of the molecule is CC(C)(C)C(=O)C[C@@H](Cc1ccccc1)C(=O)Nc1nc(CCC(N)=O)c[nH]1.